The van der Waals surface area contributed by atoms with Gasteiger partial charge in [0.05, 0.1) is 12.0 Å². The Labute approximate surface area is 194 Å². The Bertz CT molecular complexity index is 1190. The van der Waals surface area contributed by atoms with Crippen molar-refractivity contribution in [1.29, 1.82) is 5.26 Å². The first-order valence-corrected chi connectivity index (χ1v) is 11.7. The van der Waals surface area contributed by atoms with Crippen LogP contribution < -0.4 is 10.6 Å². The third-order valence-electron chi connectivity index (χ3n) is 6.11. The second kappa shape index (κ2) is 9.44. The number of anilines is 1. The number of rotatable bonds is 5. The smallest absolute Gasteiger partial charge is 0.382 e. The summed E-state index contributed by atoms with van der Waals surface area (Å²) in [5.74, 6) is -0.430. The summed E-state index contributed by atoms with van der Waals surface area (Å²) in [5.41, 5.74) is 2.07. The van der Waals surface area contributed by atoms with Gasteiger partial charge in [0.2, 0.25) is 0 Å². The molecule has 0 radical (unpaired) electrons. The molecule has 8 heteroatoms. The highest BCUT2D eigenvalue weighted by molar-refractivity contribution is 7.19. The fourth-order valence-electron chi connectivity index (χ4n) is 4.22. The van der Waals surface area contributed by atoms with E-state index in [2.05, 4.69) is 16.7 Å². The molecule has 0 bridgehead atoms. The third kappa shape index (κ3) is 5.31. The molecule has 1 atom stereocenters. The third-order valence-corrected chi connectivity index (χ3v) is 7.25. The van der Waals surface area contributed by atoms with E-state index in [1.54, 1.807) is 37.3 Å². The van der Waals surface area contributed by atoms with Gasteiger partial charge >= 0.3 is 6.18 Å². The predicted molar refractivity (Wildman–Crippen MR) is 124 cm³/mol. The number of benzene rings is 2. The molecule has 0 saturated heterocycles. The lowest BCUT2D eigenvalue weighted by atomic mass is 9.90. The molecule has 1 aromatic heterocycles. The van der Waals surface area contributed by atoms with Crippen molar-refractivity contribution in [3.05, 3.63) is 64.5 Å². The van der Waals surface area contributed by atoms with E-state index in [-0.39, 0.29) is 23.9 Å². The van der Waals surface area contributed by atoms with E-state index in [0.717, 1.165) is 48.3 Å². The molecule has 3 aromatic rings. The molecular formula is C25H24F3N3OS. The van der Waals surface area contributed by atoms with E-state index in [0.29, 0.717) is 15.6 Å². The highest BCUT2D eigenvalue weighted by Gasteiger charge is 2.33. The van der Waals surface area contributed by atoms with Gasteiger partial charge in [0.25, 0.3) is 5.91 Å². The number of halogens is 3. The maximum Gasteiger partial charge on any atom is 0.425 e. The first-order chi connectivity index (χ1) is 15.7. The van der Waals surface area contributed by atoms with E-state index in [1.807, 2.05) is 12.1 Å². The van der Waals surface area contributed by atoms with Gasteiger partial charge in [-0.15, -0.1) is 11.3 Å². The molecule has 4 nitrogen and oxygen atoms in total. The average molecular weight is 472 g/mol. The van der Waals surface area contributed by atoms with E-state index in [9.17, 15) is 18.0 Å². The summed E-state index contributed by atoms with van der Waals surface area (Å²) in [6.45, 7) is 1.80. The number of alkyl halides is 3. The Morgan fingerprint density at radius 3 is 2.48 bits per heavy atom. The fraction of sp³-hybridized carbons (Fsp3) is 0.360. The summed E-state index contributed by atoms with van der Waals surface area (Å²) < 4.78 is 39.9. The number of nitriles is 1. The average Bonchev–Trinajstić information content (AvgIpc) is 3.26. The Hall–Kier alpha value is -3.05. The Morgan fingerprint density at radius 2 is 1.79 bits per heavy atom. The maximum atomic E-state index is 13.1. The van der Waals surface area contributed by atoms with Crippen LogP contribution in [-0.4, -0.2) is 18.0 Å². The molecule has 1 heterocycles. The summed E-state index contributed by atoms with van der Waals surface area (Å²) in [7, 11) is 0. The number of carbonyl (C=O) groups is 1. The van der Waals surface area contributed by atoms with Crippen molar-refractivity contribution in [3.63, 3.8) is 0 Å². The molecule has 4 rings (SSSR count). The van der Waals surface area contributed by atoms with E-state index in [1.165, 1.54) is 6.07 Å². The van der Waals surface area contributed by atoms with Gasteiger partial charge in [-0.3, -0.25) is 4.79 Å². The second-order valence-corrected chi connectivity index (χ2v) is 9.55. The van der Waals surface area contributed by atoms with Crippen LogP contribution in [-0.2, 0) is 6.18 Å². The highest BCUT2D eigenvalue weighted by Crippen LogP contribution is 2.40. The first kappa shape index (κ1) is 23.1. The van der Waals surface area contributed by atoms with Gasteiger partial charge in [0.1, 0.15) is 4.88 Å². The van der Waals surface area contributed by atoms with Gasteiger partial charge in [-0.2, -0.15) is 18.4 Å². The minimum Gasteiger partial charge on any atom is -0.382 e. The van der Waals surface area contributed by atoms with Crippen LogP contribution in [0.4, 0.5) is 18.9 Å². The minimum atomic E-state index is -4.34. The molecular weight excluding hydrogens is 447 g/mol. The molecule has 1 aliphatic rings. The molecule has 2 aromatic carbocycles. The van der Waals surface area contributed by atoms with Gasteiger partial charge in [0, 0.05) is 33.4 Å². The molecule has 1 fully saturated rings. The molecule has 0 aliphatic heterocycles. The predicted octanol–water partition coefficient (Wildman–Crippen LogP) is 6.70. The number of thiophene rings is 1. The topological polar surface area (TPSA) is 64.9 Å². The lowest BCUT2D eigenvalue weighted by molar-refractivity contribution is -0.134. The van der Waals surface area contributed by atoms with Gasteiger partial charge in [-0.05, 0) is 68.5 Å². The van der Waals surface area contributed by atoms with Crippen LogP contribution in [0.25, 0.3) is 10.1 Å². The molecule has 2 N–H and O–H groups in total. The van der Waals surface area contributed by atoms with Gasteiger partial charge < -0.3 is 10.6 Å². The number of carbonyl (C=O) groups excluding carboxylic acids is 1. The monoisotopic (exact) mass is 471 g/mol. The van der Waals surface area contributed by atoms with Crippen molar-refractivity contribution in [3.8, 4) is 6.07 Å². The summed E-state index contributed by atoms with van der Waals surface area (Å²) in [6.07, 6.45) is -1.16. The van der Waals surface area contributed by atoms with Gasteiger partial charge in [-0.1, -0.05) is 18.2 Å². The summed E-state index contributed by atoms with van der Waals surface area (Å²) in [5, 5.41) is 16.2. The Morgan fingerprint density at radius 1 is 1.09 bits per heavy atom. The molecule has 1 unspecified atom stereocenters. The zero-order valence-electron chi connectivity index (χ0n) is 18.1. The summed E-state index contributed by atoms with van der Waals surface area (Å²) in [4.78, 5) is 12.1. The largest absolute Gasteiger partial charge is 0.425 e. The summed E-state index contributed by atoms with van der Waals surface area (Å²) >= 11 is 0.759. The number of nitrogens with zero attached hydrogens (tertiary/aromatic N) is 1. The Kier molecular flexibility index (Phi) is 6.61. The number of amides is 1. The van der Waals surface area contributed by atoms with Crippen LogP contribution in [0.3, 0.4) is 0 Å². The van der Waals surface area contributed by atoms with Crippen molar-refractivity contribution < 1.29 is 18.0 Å². The number of nitrogens with one attached hydrogen (secondary N) is 2. The van der Waals surface area contributed by atoms with Crippen LogP contribution >= 0.6 is 11.3 Å². The normalized spacial score (nSPS) is 19.6. The SMILES string of the molecule is CC(C#N)c1cccc(C(=O)NC2CCC(Nc3cccc4sc(C(F)(F)F)cc34)CC2)c1. The molecule has 33 heavy (non-hydrogen) atoms. The Balaban J connectivity index is 1.36. The molecule has 1 amide bonds. The molecule has 0 spiro atoms. The van der Waals surface area contributed by atoms with Crippen LogP contribution in [0.15, 0.2) is 48.5 Å². The number of hydrogen-bond acceptors (Lipinski definition) is 4. The second-order valence-electron chi connectivity index (χ2n) is 8.47. The zero-order chi connectivity index (χ0) is 23.6. The van der Waals surface area contributed by atoms with Crippen molar-refractivity contribution >= 4 is 33.0 Å². The number of hydrogen-bond donors (Lipinski definition) is 2. The van der Waals surface area contributed by atoms with E-state index in [4.69, 9.17) is 5.26 Å². The van der Waals surface area contributed by atoms with E-state index < -0.39 is 11.1 Å². The van der Waals surface area contributed by atoms with Gasteiger partial charge in [-0.25, -0.2) is 0 Å². The zero-order valence-corrected chi connectivity index (χ0v) is 18.9. The first-order valence-electron chi connectivity index (χ1n) is 10.9. The van der Waals surface area contributed by atoms with Crippen molar-refractivity contribution in [1.82, 2.24) is 5.32 Å². The van der Waals surface area contributed by atoms with Crippen molar-refractivity contribution in [2.24, 2.45) is 0 Å². The van der Waals surface area contributed by atoms with Crippen LogP contribution in [0, 0.1) is 11.3 Å². The fourth-order valence-corrected chi connectivity index (χ4v) is 5.18. The number of fused-ring (bicyclic) bond motifs is 1. The van der Waals surface area contributed by atoms with Gasteiger partial charge in [0.15, 0.2) is 0 Å². The van der Waals surface area contributed by atoms with Crippen LogP contribution in [0.2, 0.25) is 0 Å². The lowest BCUT2D eigenvalue weighted by Gasteiger charge is -2.30. The standard InChI is InChI=1S/C25H24F3N3OS/c1-15(14-29)16-4-2-5-17(12-16)24(32)31-19-10-8-18(9-11-19)30-21-6-3-7-22-20(21)13-23(33-22)25(26,27)28/h2-7,12-13,15,18-19,30H,8-11H2,1H3,(H,31,32). The van der Waals surface area contributed by atoms with Crippen LogP contribution in [0.1, 0.15) is 59.3 Å². The van der Waals surface area contributed by atoms with Crippen molar-refractivity contribution in [2.75, 3.05) is 5.32 Å². The van der Waals surface area contributed by atoms with Crippen LogP contribution in [0.5, 0.6) is 0 Å². The molecule has 172 valence electrons. The summed E-state index contributed by atoms with van der Waals surface area (Å²) in [6, 6.07) is 16.0. The van der Waals surface area contributed by atoms with E-state index >= 15 is 0 Å². The van der Waals surface area contributed by atoms with Crippen molar-refractivity contribution in [2.45, 2.75) is 56.8 Å². The quantitative estimate of drug-likeness (QED) is 0.435. The maximum absolute atomic E-state index is 13.1. The molecule has 1 saturated carbocycles. The molecule has 1 aliphatic carbocycles. The minimum absolute atomic E-state index is 0.0429. The lowest BCUT2D eigenvalue weighted by Crippen LogP contribution is -2.40. The highest BCUT2D eigenvalue weighted by atomic mass is 32.1.